The SMILES string of the molecule is COc1ccc(S(=O)(=O)[C@@H](CNC(=O)c2ccc(Cl)cc2)c2ccco2)cc1. The molecule has 3 aromatic rings. The summed E-state index contributed by atoms with van der Waals surface area (Å²) in [7, 11) is -2.32. The minimum absolute atomic E-state index is 0.107. The Labute approximate surface area is 168 Å². The van der Waals surface area contributed by atoms with Gasteiger partial charge in [-0.15, -0.1) is 0 Å². The Kier molecular flexibility index (Phi) is 6.06. The number of carbonyl (C=O) groups excluding carboxylic acids is 1. The minimum atomic E-state index is -3.82. The van der Waals surface area contributed by atoms with Gasteiger partial charge in [0, 0.05) is 17.1 Å². The van der Waals surface area contributed by atoms with Gasteiger partial charge in [-0.25, -0.2) is 8.42 Å². The Morgan fingerprint density at radius 2 is 1.79 bits per heavy atom. The molecule has 146 valence electrons. The van der Waals surface area contributed by atoms with Crippen molar-refractivity contribution in [2.45, 2.75) is 10.1 Å². The fraction of sp³-hybridized carbons (Fsp3) is 0.150. The van der Waals surface area contributed by atoms with Crippen molar-refractivity contribution >= 4 is 27.3 Å². The normalized spacial score (nSPS) is 12.4. The zero-order chi connectivity index (χ0) is 20.1. The number of sulfone groups is 1. The zero-order valence-electron chi connectivity index (χ0n) is 15.0. The minimum Gasteiger partial charge on any atom is -0.497 e. The largest absolute Gasteiger partial charge is 0.497 e. The number of rotatable bonds is 7. The molecule has 28 heavy (non-hydrogen) atoms. The molecule has 0 bridgehead atoms. The first-order chi connectivity index (χ1) is 13.4. The van der Waals surface area contributed by atoms with E-state index in [0.29, 0.717) is 16.3 Å². The molecule has 0 aliphatic carbocycles. The van der Waals surface area contributed by atoms with E-state index in [1.807, 2.05) is 0 Å². The van der Waals surface area contributed by atoms with Gasteiger partial charge in [0.2, 0.25) is 0 Å². The second-order valence-corrected chi connectivity index (χ2v) is 8.51. The fourth-order valence-corrected chi connectivity index (χ4v) is 4.37. The summed E-state index contributed by atoms with van der Waals surface area (Å²) in [6.45, 7) is -0.149. The third kappa shape index (κ3) is 4.37. The summed E-state index contributed by atoms with van der Waals surface area (Å²) < 4.78 is 36.7. The Morgan fingerprint density at radius 3 is 2.36 bits per heavy atom. The lowest BCUT2D eigenvalue weighted by molar-refractivity contribution is 0.0953. The first-order valence-electron chi connectivity index (χ1n) is 8.37. The molecular weight excluding hydrogens is 402 g/mol. The van der Waals surface area contributed by atoms with Crippen LogP contribution in [0.2, 0.25) is 5.02 Å². The van der Waals surface area contributed by atoms with Gasteiger partial charge in [-0.2, -0.15) is 0 Å². The van der Waals surface area contributed by atoms with E-state index in [9.17, 15) is 13.2 Å². The van der Waals surface area contributed by atoms with Gasteiger partial charge in [-0.05, 0) is 60.7 Å². The van der Waals surface area contributed by atoms with Crippen molar-refractivity contribution < 1.29 is 22.4 Å². The van der Waals surface area contributed by atoms with Gasteiger partial charge >= 0.3 is 0 Å². The second kappa shape index (κ2) is 8.50. The van der Waals surface area contributed by atoms with Crippen LogP contribution in [-0.4, -0.2) is 28.0 Å². The summed E-state index contributed by atoms with van der Waals surface area (Å²) in [4.78, 5) is 12.5. The summed E-state index contributed by atoms with van der Waals surface area (Å²) in [5.74, 6) is 0.384. The smallest absolute Gasteiger partial charge is 0.251 e. The van der Waals surface area contributed by atoms with Gasteiger partial charge in [0.15, 0.2) is 9.84 Å². The van der Waals surface area contributed by atoms with Crippen molar-refractivity contribution in [2.75, 3.05) is 13.7 Å². The van der Waals surface area contributed by atoms with Crippen LogP contribution in [-0.2, 0) is 9.84 Å². The number of methoxy groups -OCH3 is 1. The zero-order valence-corrected chi connectivity index (χ0v) is 16.5. The summed E-state index contributed by atoms with van der Waals surface area (Å²) >= 11 is 5.83. The predicted molar refractivity (Wildman–Crippen MR) is 105 cm³/mol. The van der Waals surface area contributed by atoms with Crippen molar-refractivity contribution in [2.24, 2.45) is 0 Å². The Hall–Kier alpha value is -2.77. The van der Waals surface area contributed by atoms with Crippen LogP contribution in [0.1, 0.15) is 21.4 Å². The van der Waals surface area contributed by atoms with Crippen LogP contribution in [0.25, 0.3) is 0 Å². The summed E-state index contributed by atoms with van der Waals surface area (Å²) in [5.41, 5.74) is 0.379. The van der Waals surface area contributed by atoms with E-state index in [4.69, 9.17) is 20.8 Å². The van der Waals surface area contributed by atoms with Gasteiger partial charge in [0.05, 0.1) is 18.3 Å². The fourth-order valence-electron chi connectivity index (χ4n) is 2.66. The summed E-state index contributed by atoms with van der Waals surface area (Å²) in [6.07, 6.45) is 1.40. The monoisotopic (exact) mass is 419 g/mol. The van der Waals surface area contributed by atoms with Gasteiger partial charge in [-0.3, -0.25) is 4.79 Å². The van der Waals surface area contributed by atoms with Crippen molar-refractivity contribution in [1.82, 2.24) is 5.32 Å². The van der Waals surface area contributed by atoms with Crippen LogP contribution in [0, 0.1) is 0 Å². The van der Waals surface area contributed by atoms with Crippen LogP contribution < -0.4 is 10.1 Å². The van der Waals surface area contributed by atoms with E-state index in [0.717, 1.165) is 0 Å². The quantitative estimate of drug-likeness (QED) is 0.628. The maximum absolute atomic E-state index is 13.2. The highest BCUT2D eigenvalue weighted by molar-refractivity contribution is 7.91. The highest BCUT2D eigenvalue weighted by Gasteiger charge is 2.32. The van der Waals surface area contributed by atoms with Gasteiger partial charge in [0.1, 0.15) is 16.8 Å². The molecule has 0 saturated carbocycles. The average molecular weight is 420 g/mol. The maximum Gasteiger partial charge on any atom is 0.251 e. The van der Waals surface area contributed by atoms with Crippen molar-refractivity contribution in [1.29, 1.82) is 0 Å². The van der Waals surface area contributed by atoms with Gasteiger partial charge in [0.25, 0.3) is 5.91 Å². The Morgan fingerprint density at radius 1 is 1.11 bits per heavy atom. The van der Waals surface area contributed by atoms with Crippen LogP contribution in [0.3, 0.4) is 0 Å². The van der Waals surface area contributed by atoms with E-state index < -0.39 is 21.0 Å². The molecular formula is C20H18ClNO5S. The van der Waals surface area contributed by atoms with Crippen molar-refractivity contribution in [3.8, 4) is 5.75 Å². The lowest BCUT2D eigenvalue weighted by Crippen LogP contribution is -2.31. The van der Waals surface area contributed by atoms with Crippen molar-refractivity contribution in [3.63, 3.8) is 0 Å². The topological polar surface area (TPSA) is 85.6 Å². The molecule has 0 unspecified atom stereocenters. The molecule has 0 aliphatic heterocycles. The summed E-state index contributed by atoms with van der Waals surface area (Å²) in [6, 6.07) is 15.6. The number of hydrogen-bond donors (Lipinski definition) is 1. The molecule has 8 heteroatoms. The van der Waals surface area contributed by atoms with Crippen LogP contribution in [0.5, 0.6) is 5.75 Å². The molecule has 2 aromatic carbocycles. The highest BCUT2D eigenvalue weighted by Crippen LogP contribution is 2.30. The number of amides is 1. The van der Waals surface area contributed by atoms with E-state index in [-0.39, 0.29) is 17.2 Å². The Bertz CT molecular complexity index is 1030. The molecule has 0 radical (unpaired) electrons. The molecule has 1 atom stereocenters. The molecule has 0 fully saturated rings. The second-order valence-electron chi connectivity index (χ2n) is 5.94. The first kappa shape index (κ1) is 20.0. The van der Waals surface area contributed by atoms with E-state index in [2.05, 4.69) is 5.32 Å². The van der Waals surface area contributed by atoms with Crippen LogP contribution in [0.4, 0.5) is 0 Å². The number of hydrogen-bond acceptors (Lipinski definition) is 5. The standard InChI is InChI=1S/C20H18ClNO5S/c1-26-16-8-10-17(11-9-16)28(24,25)19(18-3-2-12-27-18)13-22-20(23)14-4-6-15(21)7-5-14/h2-12,19H,13H2,1H3,(H,22,23)/t19-/m0/s1. The van der Waals surface area contributed by atoms with Gasteiger partial charge < -0.3 is 14.5 Å². The average Bonchev–Trinajstić information content (AvgIpc) is 3.22. The highest BCUT2D eigenvalue weighted by atomic mass is 35.5. The number of benzene rings is 2. The molecule has 1 N–H and O–H groups in total. The molecule has 6 nitrogen and oxygen atoms in total. The molecule has 0 aliphatic rings. The third-order valence-electron chi connectivity index (χ3n) is 4.18. The van der Waals surface area contributed by atoms with Crippen LogP contribution >= 0.6 is 11.6 Å². The molecule has 1 aromatic heterocycles. The number of furan rings is 1. The predicted octanol–water partition coefficient (Wildman–Crippen LogP) is 3.89. The number of halogens is 1. The number of nitrogens with one attached hydrogen (secondary N) is 1. The maximum atomic E-state index is 13.2. The van der Waals surface area contributed by atoms with Crippen molar-refractivity contribution in [3.05, 3.63) is 83.3 Å². The van der Waals surface area contributed by atoms with E-state index in [1.165, 1.54) is 25.5 Å². The summed E-state index contributed by atoms with van der Waals surface area (Å²) in [5, 5.41) is 2.09. The van der Waals surface area contributed by atoms with E-state index in [1.54, 1.807) is 48.5 Å². The lowest BCUT2D eigenvalue weighted by atomic mass is 10.2. The first-order valence-corrected chi connectivity index (χ1v) is 10.3. The third-order valence-corrected chi connectivity index (χ3v) is 6.51. The lowest BCUT2D eigenvalue weighted by Gasteiger charge is -2.17. The van der Waals surface area contributed by atoms with Crippen LogP contribution in [0.15, 0.2) is 76.2 Å². The Balaban J connectivity index is 1.85. The molecule has 1 amide bonds. The molecule has 1 heterocycles. The van der Waals surface area contributed by atoms with Gasteiger partial charge in [-0.1, -0.05) is 11.6 Å². The number of carbonyl (C=O) groups is 1. The molecule has 3 rings (SSSR count). The molecule has 0 saturated heterocycles. The van der Waals surface area contributed by atoms with E-state index >= 15 is 0 Å². The number of ether oxygens (including phenoxy) is 1. The molecule has 0 spiro atoms.